The van der Waals surface area contributed by atoms with Gasteiger partial charge in [0, 0.05) is 10.2 Å². The molecule has 0 radical (unpaired) electrons. The smallest absolute Gasteiger partial charge is 0.307 e. The van der Waals surface area contributed by atoms with Gasteiger partial charge in [-0.3, -0.25) is 9.59 Å². The number of benzene rings is 1. The van der Waals surface area contributed by atoms with Crippen molar-refractivity contribution in [3.8, 4) is 0 Å². The average molecular weight is 352 g/mol. The number of carbonyl (C=O) groups excluding carboxylic acids is 2. The summed E-state index contributed by atoms with van der Waals surface area (Å²) in [5.74, 6) is -0.726. The van der Waals surface area contributed by atoms with E-state index < -0.39 is 5.60 Å². The molecule has 3 rings (SSSR count). The van der Waals surface area contributed by atoms with Crippen LogP contribution in [0.3, 0.4) is 0 Å². The molecule has 4 nitrogen and oxygen atoms in total. The second-order valence-corrected chi connectivity index (χ2v) is 6.77. The highest BCUT2D eigenvalue weighted by atomic mass is 79.9. The first-order valence-corrected chi connectivity index (χ1v) is 8.17. The van der Waals surface area contributed by atoms with Gasteiger partial charge in [-0.1, -0.05) is 28.4 Å². The lowest BCUT2D eigenvalue weighted by molar-refractivity contribution is -0.153. The van der Waals surface area contributed by atoms with Crippen molar-refractivity contribution in [2.24, 2.45) is 5.92 Å². The lowest BCUT2D eigenvalue weighted by atomic mass is 9.75. The Bertz CT molecular complexity index is 566. The van der Waals surface area contributed by atoms with Crippen LogP contribution in [0, 0.1) is 5.92 Å². The topological polar surface area (TPSA) is 55.4 Å². The van der Waals surface area contributed by atoms with E-state index in [0.29, 0.717) is 0 Å². The molecule has 21 heavy (non-hydrogen) atoms. The second kappa shape index (κ2) is 5.79. The third kappa shape index (κ3) is 2.98. The van der Waals surface area contributed by atoms with Crippen LogP contribution in [0.2, 0.25) is 0 Å². The molecule has 2 aliphatic rings. The van der Waals surface area contributed by atoms with Crippen molar-refractivity contribution < 1.29 is 14.3 Å². The van der Waals surface area contributed by atoms with E-state index in [1.165, 1.54) is 0 Å². The Morgan fingerprint density at radius 1 is 1.29 bits per heavy atom. The van der Waals surface area contributed by atoms with Crippen LogP contribution >= 0.6 is 15.9 Å². The number of amides is 1. The zero-order chi connectivity index (χ0) is 14.9. The summed E-state index contributed by atoms with van der Waals surface area (Å²) in [6.45, 7) is 0. The number of anilines is 1. The summed E-state index contributed by atoms with van der Waals surface area (Å²) in [5, 5.41) is 2.92. The Kier molecular flexibility index (Phi) is 4.02. The molecule has 1 saturated heterocycles. The van der Waals surface area contributed by atoms with Crippen LogP contribution in [-0.2, 0) is 14.3 Å². The molecule has 1 aliphatic heterocycles. The first-order valence-electron chi connectivity index (χ1n) is 7.37. The van der Waals surface area contributed by atoms with Crippen LogP contribution in [0.15, 0.2) is 28.7 Å². The number of rotatable bonds is 2. The van der Waals surface area contributed by atoms with Crippen molar-refractivity contribution in [1.29, 1.82) is 0 Å². The van der Waals surface area contributed by atoms with E-state index in [1.807, 2.05) is 24.3 Å². The molecule has 112 valence electrons. The van der Waals surface area contributed by atoms with Crippen molar-refractivity contribution in [3.63, 3.8) is 0 Å². The number of esters is 1. The van der Waals surface area contributed by atoms with Gasteiger partial charge in [0.1, 0.15) is 5.60 Å². The fraction of sp³-hybridized carbons (Fsp3) is 0.500. The van der Waals surface area contributed by atoms with Gasteiger partial charge in [-0.25, -0.2) is 0 Å². The number of carbonyl (C=O) groups is 2. The van der Waals surface area contributed by atoms with E-state index in [1.54, 1.807) is 0 Å². The monoisotopic (exact) mass is 351 g/mol. The zero-order valence-electron chi connectivity index (χ0n) is 11.7. The normalized spacial score (nSPS) is 23.9. The lowest BCUT2D eigenvalue weighted by Crippen LogP contribution is -2.43. The van der Waals surface area contributed by atoms with E-state index in [2.05, 4.69) is 21.2 Å². The van der Waals surface area contributed by atoms with Gasteiger partial charge in [0.2, 0.25) is 5.91 Å². The Labute approximate surface area is 132 Å². The molecule has 2 fully saturated rings. The van der Waals surface area contributed by atoms with E-state index >= 15 is 0 Å². The molecular formula is C16H18BrNO3. The van der Waals surface area contributed by atoms with Gasteiger partial charge in [0.05, 0.1) is 12.3 Å². The molecule has 1 heterocycles. The summed E-state index contributed by atoms with van der Waals surface area (Å²) >= 11 is 3.39. The van der Waals surface area contributed by atoms with Crippen molar-refractivity contribution in [1.82, 2.24) is 0 Å². The van der Waals surface area contributed by atoms with Crippen LogP contribution in [-0.4, -0.2) is 17.5 Å². The summed E-state index contributed by atoms with van der Waals surface area (Å²) in [4.78, 5) is 24.3. The SMILES string of the molecule is O=C1C[C@@H](C(=O)Nc2cccc(Br)c2)C2(CCCCC2)O1. The third-order valence-corrected chi connectivity index (χ3v) is 4.92. The molecule has 1 atom stereocenters. The standard InChI is InChI=1S/C16H18BrNO3/c17-11-5-4-6-12(9-11)18-15(20)13-10-14(19)21-16(13)7-2-1-3-8-16/h4-6,9,13H,1-3,7-8,10H2,(H,18,20)/t13-/m0/s1. The molecule has 0 unspecified atom stereocenters. The van der Waals surface area contributed by atoms with Gasteiger partial charge in [-0.2, -0.15) is 0 Å². The summed E-state index contributed by atoms with van der Waals surface area (Å²) in [6, 6.07) is 7.46. The highest BCUT2D eigenvalue weighted by Gasteiger charge is 2.52. The summed E-state index contributed by atoms with van der Waals surface area (Å²) in [5.41, 5.74) is 0.172. The van der Waals surface area contributed by atoms with Crippen molar-refractivity contribution in [2.45, 2.75) is 44.1 Å². The Morgan fingerprint density at radius 3 is 2.76 bits per heavy atom. The van der Waals surface area contributed by atoms with Gasteiger partial charge in [0.25, 0.3) is 0 Å². The van der Waals surface area contributed by atoms with Crippen molar-refractivity contribution >= 4 is 33.5 Å². The van der Waals surface area contributed by atoms with Crippen LogP contribution < -0.4 is 5.32 Å². The van der Waals surface area contributed by atoms with E-state index in [9.17, 15) is 9.59 Å². The van der Waals surface area contributed by atoms with Crippen molar-refractivity contribution in [2.75, 3.05) is 5.32 Å². The molecule has 1 aromatic carbocycles. The predicted molar refractivity (Wildman–Crippen MR) is 82.8 cm³/mol. The highest BCUT2D eigenvalue weighted by Crippen LogP contribution is 2.44. The Balaban J connectivity index is 1.77. The van der Waals surface area contributed by atoms with Crippen LogP contribution in [0.25, 0.3) is 0 Å². The van der Waals surface area contributed by atoms with Gasteiger partial charge in [-0.05, 0) is 43.9 Å². The first kappa shape index (κ1) is 14.6. The number of halogens is 1. The second-order valence-electron chi connectivity index (χ2n) is 5.86. The van der Waals surface area contributed by atoms with Gasteiger partial charge >= 0.3 is 5.97 Å². The van der Waals surface area contributed by atoms with Crippen LogP contribution in [0.4, 0.5) is 5.69 Å². The molecule has 0 bridgehead atoms. The molecule has 1 amide bonds. The number of nitrogens with one attached hydrogen (secondary N) is 1. The summed E-state index contributed by atoms with van der Waals surface area (Å²) in [6.07, 6.45) is 4.99. The molecule has 1 saturated carbocycles. The third-order valence-electron chi connectivity index (χ3n) is 4.43. The zero-order valence-corrected chi connectivity index (χ0v) is 13.3. The maximum Gasteiger partial charge on any atom is 0.307 e. The van der Waals surface area contributed by atoms with E-state index in [0.717, 1.165) is 42.3 Å². The molecule has 1 spiro atoms. The molecular weight excluding hydrogens is 334 g/mol. The van der Waals surface area contributed by atoms with Crippen LogP contribution in [0.5, 0.6) is 0 Å². The number of hydrogen-bond donors (Lipinski definition) is 1. The largest absolute Gasteiger partial charge is 0.458 e. The fourth-order valence-corrected chi connectivity index (χ4v) is 3.82. The Hall–Kier alpha value is -1.36. The quantitative estimate of drug-likeness (QED) is 0.827. The van der Waals surface area contributed by atoms with Gasteiger partial charge in [0.15, 0.2) is 0 Å². The Morgan fingerprint density at radius 2 is 2.05 bits per heavy atom. The highest BCUT2D eigenvalue weighted by molar-refractivity contribution is 9.10. The van der Waals surface area contributed by atoms with Crippen molar-refractivity contribution in [3.05, 3.63) is 28.7 Å². The average Bonchev–Trinajstić information content (AvgIpc) is 2.76. The molecule has 1 aliphatic carbocycles. The molecule has 5 heteroatoms. The molecule has 0 aromatic heterocycles. The lowest BCUT2D eigenvalue weighted by Gasteiger charge is -2.36. The summed E-state index contributed by atoms with van der Waals surface area (Å²) < 4.78 is 6.48. The maximum atomic E-state index is 12.6. The maximum absolute atomic E-state index is 12.6. The summed E-state index contributed by atoms with van der Waals surface area (Å²) in [7, 11) is 0. The van der Waals surface area contributed by atoms with E-state index in [4.69, 9.17) is 4.74 Å². The van der Waals surface area contributed by atoms with Gasteiger partial charge < -0.3 is 10.1 Å². The van der Waals surface area contributed by atoms with Crippen LogP contribution in [0.1, 0.15) is 38.5 Å². The molecule has 1 N–H and O–H groups in total. The van der Waals surface area contributed by atoms with E-state index in [-0.39, 0.29) is 24.2 Å². The minimum atomic E-state index is -0.564. The predicted octanol–water partition coefficient (Wildman–Crippen LogP) is 3.65. The molecule has 1 aromatic rings. The first-order chi connectivity index (χ1) is 10.1. The fourth-order valence-electron chi connectivity index (χ4n) is 3.42. The minimum Gasteiger partial charge on any atom is -0.458 e. The van der Waals surface area contributed by atoms with Gasteiger partial charge in [-0.15, -0.1) is 0 Å². The number of hydrogen-bond acceptors (Lipinski definition) is 3. The minimum absolute atomic E-state index is 0.110. The number of ether oxygens (including phenoxy) is 1.